The molecule has 1 aliphatic rings. The number of amides is 1. The maximum atomic E-state index is 12.5. The summed E-state index contributed by atoms with van der Waals surface area (Å²) < 4.78 is 22.1. The van der Waals surface area contributed by atoms with E-state index in [-0.39, 0.29) is 6.61 Å². The van der Waals surface area contributed by atoms with Crippen LogP contribution in [0.4, 0.5) is 0 Å². The fourth-order valence-electron chi connectivity index (χ4n) is 3.14. The van der Waals surface area contributed by atoms with Gasteiger partial charge in [-0.05, 0) is 35.0 Å². The molecule has 7 heteroatoms. The lowest BCUT2D eigenvalue weighted by Gasteiger charge is -2.25. The summed E-state index contributed by atoms with van der Waals surface area (Å²) in [5.41, 5.74) is 3.16. The summed E-state index contributed by atoms with van der Waals surface area (Å²) in [5.74, 6) is 1.87. The minimum Gasteiger partial charge on any atom is -0.493 e. The topological polar surface area (TPSA) is 78.4 Å². The van der Waals surface area contributed by atoms with Crippen LogP contribution >= 0.6 is 0 Å². The van der Waals surface area contributed by atoms with Crippen LogP contribution in [0.15, 0.2) is 59.7 Å². The molecule has 1 N–H and O–H groups in total. The van der Waals surface area contributed by atoms with E-state index in [1.54, 1.807) is 26.4 Å². The van der Waals surface area contributed by atoms with Crippen LogP contribution in [0, 0.1) is 0 Å². The number of methoxy groups -OCH3 is 2. The van der Waals surface area contributed by atoms with E-state index in [0.717, 1.165) is 10.8 Å². The molecule has 1 amide bonds. The molecule has 1 unspecified atom stereocenters. The minimum atomic E-state index is -0.798. The van der Waals surface area contributed by atoms with Gasteiger partial charge in [0.05, 0.1) is 20.4 Å². The van der Waals surface area contributed by atoms with Crippen molar-refractivity contribution in [1.29, 1.82) is 0 Å². The van der Waals surface area contributed by atoms with Gasteiger partial charge in [-0.3, -0.25) is 4.79 Å². The Balaban J connectivity index is 1.45. The zero-order valence-corrected chi connectivity index (χ0v) is 16.0. The summed E-state index contributed by atoms with van der Waals surface area (Å²) in [6, 6.07) is 17.1. The molecule has 1 atom stereocenters. The third kappa shape index (κ3) is 3.80. The standard InChI is InChI=1S/C22H20N2O5/c1-26-17-9-5-8-16(21(17)27-2)12-23-24-22(25)20-13-28-18-10-14-6-3-4-7-15(14)11-19(18)29-20/h3-12,20H,13H2,1-2H3,(H,24,25). The van der Waals surface area contributed by atoms with Gasteiger partial charge >= 0.3 is 0 Å². The zero-order valence-electron chi connectivity index (χ0n) is 16.0. The molecule has 148 valence electrons. The summed E-state index contributed by atoms with van der Waals surface area (Å²) in [4.78, 5) is 12.5. The van der Waals surface area contributed by atoms with Crippen LogP contribution in [0.5, 0.6) is 23.0 Å². The number of nitrogens with zero attached hydrogens (tertiary/aromatic N) is 1. The smallest absolute Gasteiger partial charge is 0.284 e. The Hall–Kier alpha value is -3.74. The molecule has 0 saturated heterocycles. The molecule has 3 aromatic carbocycles. The fourth-order valence-corrected chi connectivity index (χ4v) is 3.14. The number of hydrogen-bond acceptors (Lipinski definition) is 6. The number of benzene rings is 3. The molecule has 1 aliphatic heterocycles. The van der Waals surface area contributed by atoms with Crippen molar-refractivity contribution in [2.45, 2.75) is 6.10 Å². The van der Waals surface area contributed by atoms with Crippen LogP contribution in [-0.2, 0) is 4.79 Å². The van der Waals surface area contributed by atoms with Crippen molar-refractivity contribution in [2.75, 3.05) is 20.8 Å². The summed E-state index contributed by atoms with van der Waals surface area (Å²) in [7, 11) is 3.10. The Kier molecular flexibility index (Phi) is 5.20. The highest BCUT2D eigenvalue weighted by Crippen LogP contribution is 2.36. The first-order valence-electron chi connectivity index (χ1n) is 9.05. The highest BCUT2D eigenvalue weighted by atomic mass is 16.6. The number of carbonyl (C=O) groups excluding carboxylic acids is 1. The monoisotopic (exact) mass is 392 g/mol. The van der Waals surface area contributed by atoms with Crippen LogP contribution in [0.2, 0.25) is 0 Å². The molecule has 1 heterocycles. The predicted molar refractivity (Wildman–Crippen MR) is 109 cm³/mol. The molecule has 0 aliphatic carbocycles. The van der Waals surface area contributed by atoms with Crippen molar-refractivity contribution >= 4 is 22.9 Å². The number of fused-ring (bicyclic) bond motifs is 2. The first kappa shape index (κ1) is 18.6. The lowest BCUT2D eigenvalue weighted by molar-refractivity contribution is -0.130. The number of ether oxygens (including phenoxy) is 4. The largest absolute Gasteiger partial charge is 0.493 e. The molecule has 0 saturated carbocycles. The molecule has 0 spiro atoms. The minimum absolute atomic E-state index is 0.106. The van der Waals surface area contributed by atoms with Crippen molar-refractivity contribution < 1.29 is 23.7 Å². The van der Waals surface area contributed by atoms with E-state index in [1.165, 1.54) is 6.21 Å². The normalized spacial score (nSPS) is 15.3. The number of carbonyl (C=O) groups is 1. The van der Waals surface area contributed by atoms with Gasteiger partial charge in [-0.15, -0.1) is 0 Å². The van der Waals surface area contributed by atoms with Crippen LogP contribution in [0.25, 0.3) is 10.8 Å². The van der Waals surface area contributed by atoms with Gasteiger partial charge in [-0.1, -0.05) is 30.3 Å². The first-order valence-corrected chi connectivity index (χ1v) is 9.05. The van der Waals surface area contributed by atoms with E-state index in [0.29, 0.717) is 28.6 Å². The second-order valence-electron chi connectivity index (χ2n) is 6.38. The number of para-hydroxylation sites is 1. The van der Waals surface area contributed by atoms with Crippen LogP contribution in [-0.4, -0.2) is 39.1 Å². The Morgan fingerprint density at radius 1 is 1.07 bits per heavy atom. The zero-order chi connectivity index (χ0) is 20.2. The van der Waals surface area contributed by atoms with Gasteiger partial charge < -0.3 is 18.9 Å². The molecule has 29 heavy (non-hydrogen) atoms. The molecule has 7 nitrogen and oxygen atoms in total. The van der Waals surface area contributed by atoms with Gasteiger partial charge in [0.1, 0.15) is 6.61 Å². The molecule has 0 aromatic heterocycles. The van der Waals surface area contributed by atoms with Crippen molar-refractivity contribution in [3.8, 4) is 23.0 Å². The highest BCUT2D eigenvalue weighted by Gasteiger charge is 2.27. The molecular formula is C22H20N2O5. The Morgan fingerprint density at radius 2 is 1.83 bits per heavy atom. The SMILES string of the molecule is COc1cccc(C=NNC(=O)C2COc3cc4ccccc4cc3O2)c1OC. The van der Waals surface area contributed by atoms with Gasteiger partial charge in [-0.2, -0.15) is 5.10 Å². The Bertz CT molecular complexity index is 1080. The molecule has 4 rings (SSSR count). The number of hydrogen-bond donors (Lipinski definition) is 1. The van der Waals surface area contributed by atoms with Gasteiger partial charge in [0.15, 0.2) is 23.0 Å². The second-order valence-corrected chi connectivity index (χ2v) is 6.38. The van der Waals surface area contributed by atoms with Crippen molar-refractivity contribution in [3.05, 3.63) is 60.2 Å². The summed E-state index contributed by atoms with van der Waals surface area (Å²) >= 11 is 0. The maximum Gasteiger partial charge on any atom is 0.284 e. The van der Waals surface area contributed by atoms with Crippen molar-refractivity contribution in [3.63, 3.8) is 0 Å². The van der Waals surface area contributed by atoms with Crippen LogP contribution in [0.3, 0.4) is 0 Å². The second kappa shape index (κ2) is 8.10. The van der Waals surface area contributed by atoms with E-state index in [1.807, 2.05) is 42.5 Å². The first-order chi connectivity index (χ1) is 14.2. The predicted octanol–water partition coefficient (Wildman–Crippen LogP) is 3.15. The molecule has 0 bridgehead atoms. The third-order valence-electron chi connectivity index (χ3n) is 4.58. The lowest BCUT2D eigenvalue weighted by atomic mass is 10.1. The van der Waals surface area contributed by atoms with Gasteiger partial charge in [0.2, 0.25) is 6.10 Å². The Labute approximate surface area is 167 Å². The molecule has 0 radical (unpaired) electrons. The van der Waals surface area contributed by atoms with E-state index >= 15 is 0 Å². The van der Waals surface area contributed by atoms with E-state index in [2.05, 4.69) is 10.5 Å². The molecule has 3 aromatic rings. The van der Waals surface area contributed by atoms with Crippen LogP contribution in [0.1, 0.15) is 5.56 Å². The average Bonchev–Trinajstić information content (AvgIpc) is 2.76. The van der Waals surface area contributed by atoms with Crippen molar-refractivity contribution in [2.24, 2.45) is 5.10 Å². The average molecular weight is 392 g/mol. The number of nitrogens with one attached hydrogen (secondary N) is 1. The summed E-state index contributed by atoms with van der Waals surface area (Å²) in [5, 5.41) is 6.07. The quantitative estimate of drug-likeness (QED) is 0.533. The third-order valence-corrected chi connectivity index (χ3v) is 4.58. The fraction of sp³-hybridized carbons (Fsp3) is 0.182. The number of rotatable bonds is 5. The van der Waals surface area contributed by atoms with Gasteiger partial charge in [0, 0.05) is 5.56 Å². The molecule has 0 fully saturated rings. The van der Waals surface area contributed by atoms with Gasteiger partial charge in [0.25, 0.3) is 5.91 Å². The summed E-state index contributed by atoms with van der Waals surface area (Å²) in [6.45, 7) is 0.106. The lowest BCUT2D eigenvalue weighted by Crippen LogP contribution is -2.42. The summed E-state index contributed by atoms with van der Waals surface area (Å²) in [6.07, 6.45) is 0.692. The van der Waals surface area contributed by atoms with E-state index in [4.69, 9.17) is 18.9 Å². The van der Waals surface area contributed by atoms with E-state index < -0.39 is 12.0 Å². The maximum absolute atomic E-state index is 12.5. The van der Waals surface area contributed by atoms with Gasteiger partial charge in [-0.25, -0.2) is 5.43 Å². The van der Waals surface area contributed by atoms with E-state index in [9.17, 15) is 4.79 Å². The highest BCUT2D eigenvalue weighted by molar-refractivity contribution is 5.89. The number of hydrazone groups is 1. The van der Waals surface area contributed by atoms with Crippen molar-refractivity contribution in [1.82, 2.24) is 5.43 Å². The molecular weight excluding hydrogens is 372 g/mol. The van der Waals surface area contributed by atoms with Crippen LogP contribution < -0.4 is 24.4 Å². The Morgan fingerprint density at radius 3 is 2.55 bits per heavy atom.